The van der Waals surface area contributed by atoms with E-state index in [-0.39, 0.29) is 18.3 Å². The first-order valence-electron chi connectivity index (χ1n) is 10.0. The van der Waals surface area contributed by atoms with Gasteiger partial charge in [0, 0.05) is 32.6 Å². The summed E-state index contributed by atoms with van der Waals surface area (Å²) in [5.41, 5.74) is 2.76. The largest absolute Gasteiger partial charge is 0.489 e. The number of hydrogen-bond donors (Lipinski definition) is 1. The van der Waals surface area contributed by atoms with Crippen molar-refractivity contribution in [2.24, 2.45) is 7.05 Å². The zero-order valence-corrected chi connectivity index (χ0v) is 17.5. The Balaban J connectivity index is 1.33. The first-order valence-corrected chi connectivity index (χ1v) is 10.0. The van der Waals surface area contributed by atoms with Crippen LogP contribution in [0.4, 0.5) is 5.69 Å². The fourth-order valence-corrected chi connectivity index (χ4v) is 3.62. The van der Waals surface area contributed by atoms with Crippen LogP contribution in [-0.4, -0.2) is 51.3 Å². The molecule has 5 rings (SSSR count). The van der Waals surface area contributed by atoms with Crippen LogP contribution in [0.25, 0.3) is 11.1 Å². The van der Waals surface area contributed by atoms with Crippen LogP contribution in [0.3, 0.4) is 0 Å². The number of anilines is 1. The van der Waals surface area contributed by atoms with E-state index >= 15 is 0 Å². The van der Waals surface area contributed by atoms with Gasteiger partial charge in [-0.1, -0.05) is 30.3 Å². The van der Waals surface area contributed by atoms with Gasteiger partial charge in [0.1, 0.15) is 29.7 Å². The SMILES string of the molecule is CN1C(=O)[C@@H](NC(=O)c2nc(Cc3ccccc3)n(C)n2)COc2cc3ncoc3cc21. The van der Waals surface area contributed by atoms with Crippen molar-refractivity contribution in [3.8, 4) is 5.75 Å². The van der Waals surface area contributed by atoms with Crippen LogP contribution in [-0.2, 0) is 18.3 Å². The summed E-state index contributed by atoms with van der Waals surface area (Å²) in [5.74, 6) is 0.259. The molecule has 0 unspecified atom stereocenters. The lowest BCUT2D eigenvalue weighted by molar-refractivity contribution is -0.120. The molecule has 2 aromatic carbocycles. The Bertz CT molecular complexity index is 1310. The molecule has 0 fully saturated rings. The average molecular weight is 432 g/mol. The van der Waals surface area contributed by atoms with Crippen LogP contribution in [0.1, 0.15) is 22.0 Å². The van der Waals surface area contributed by atoms with Crippen LogP contribution in [0.2, 0.25) is 0 Å². The van der Waals surface area contributed by atoms with Gasteiger partial charge in [0.2, 0.25) is 5.82 Å². The standard InChI is InChI=1S/C22H20N6O4/c1-27-16-10-17-14(23-12-32-17)9-18(16)31-11-15(22(27)30)24-21(29)20-25-19(28(2)26-20)8-13-6-4-3-5-7-13/h3-7,9-10,12,15H,8,11H2,1-2H3,(H,24,29)/t15-/m0/s1. The van der Waals surface area contributed by atoms with E-state index in [1.54, 1.807) is 30.9 Å². The van der Waals surface area contributed by atoms with Crippen LogP contribution in [0, 0.1) is 0 Å². The molecule has 0 saturated carbocycles. The van der Waals surface area contributed by atoms with Gasteiger partial charge in [-0.25, -0.2) is 9.97 Å². The van der Waals surface area contributed by atoms with E-state index < -0.39 is 11.9 Å². The number of amides is 2. The number of aromatic nitrogens is 4. The molecule has 2 amide bonds. The summed E-state index contributed by atoms with van der Waals surface area (Å²) in [4.78, 5) is 35.7. The Morgan fingerprint density at radius 2 is 2.03 bits per heavy atom. The van der Waals surface area contributed by atoms with Crippen molar-refractivity contribution in [1.82, 2.24) is 25.1 Å². The van der Waals surface area contributed by atoms with Crippen molar-refractivity contribution >= 4 is 28.6 Å². The Morgan fingerprint density at radius 3 is 2.84 bits per heavy atom. The van der Waals surface area contributed by atoms with Gasteiger partial charge in [-0.3, -0.25) is 14.3 Å². The first kappa shape index (κ1) is 19.7. The van der Waals surface area contributed by atoms with Crippen LogP contribution in [0.5, 0.6) is 5.75 Å². The summed E-state index contributed by atoms with van der Waals surface area (Å²) < 4.78 is 12.7. The maximum atomic E-state index is 13.0. The van der Waals surface area contributed by atoms with E-state index in [1.807, 2.05) is 30.3 Å². The molecule has 10 heteroatoms. The highest BCUT2D eigenvalue weighted by molar-refractivity contribution is 6.03. The van der Waals surface area contributed by atoms with Gasteiger partial charge in [0.15, 0.2) is 12.0 Å². The minimum Gasteiger partial charge on any atom is -0.489 e. The topological polar surface area (TPSA) is 115 Å². The van der Waals surface area contributed by atoms with E-state index in [2.05, 4.69) is 20.4 Å². The second-order valence-corrected chi connectivity index (χ2v) is 7.51. The highest BCUT2D eigenvalue weighted by Gasteiger charge is 2.32. The van der Waals surface area contributed by atoms with Gasteiger partial charge in [-0.15, -0.1) is 5.10 Å². The fourth-order valence-electron chi connectivity index (χ4n) is 3.62. The number of hydrogen-bond acceptors (Lipinski definition) is 7. The van der Waals surface area contributed by atoms with Gasteiger partial charge in [-0.05, 0) is 5.56 Å². The van der Waals surface area contributed by atoms with E-state index in [0.717, 1.165) is 5.56 Å². The highest BCUT2D eigenvalue weighted by Crippen LogP contribution is 2.34. The summed E-state index contributed by atoms with van der Waals surface area (Å²) in [6.45, 7) is -0.0328. The lowest BCUT2D eigenvalue weighted by atomic mass is 10.1. The zero-order valence-electron chi connectivity index (χ0n) is 17.5. The number of nitrogens with zero attached hydrogens (tertiary/aromatic N) is 5. The molecule has 1 aliphatic heterocycles. The monoisotopic (exact) mass is 432 g/mol. The molecule has 162 valence electrons. The maximum Gasteiger partial charge on any atom is 0.291 e. The normalized spacial score (nSPS) is 15.9. The van der Waals surface area contributed by atoms with Crippen molar-refractivity contribution in [2.45, 2.75) is 12.5 Å². The van der Waals surface area contributed by atoms with Crippen LogP contribution in [0.15, 0.2) is 53.3 Å². The predicted octanol–water partition coefficient (Wildman–Crippen LogP) is 1.70. The van der Waals surface area contributed by atoms with E-state index in [9.17, 15) is 9.59 Å². The lowest BCUT2D eigenvalue weighted by Crippen LogP contribution is -2.49. The number of likely N-dealkylation sites (N-methyl/N-ethyl adjacent to an activating group) is 1. The van der Waals surface area contributed by atoms with Gasteiger partial charge >= 0.3 is 0 Å². The number of carbonyl (C=O) groups excluding carboxylic acids is 2. The fraction of sp³-hybridized carbons (Fsp3) is 0.227. The van der Waals surface area contributed by atoms with Gasteiger partial charge in [0.05, 0.1) is 5.69 Å². The summed E-state index contributed by atoms with van der Waals surface area (Å²) in [6.07, 6.45) is 1.87. The highest BCUT2D eigenvalue weighted by atomic mass is 16.5. The third-order valence-electron chi connectivity index (χ3n) is 5.37. The molecule has 0 saturated heterocycles. The zero-order chi connectivity index (χ0) is 22.2. The first-order chi connectivity index (χ1) is 15.5. The number of fused-ring (bicyclic) bond motifs is 2. The molecule has 2 aromatic heterocycles. The van der Waals surface area contributed by atoms with E-state index in [4.69, 9.17) is 9.15 Å². The van der Waals surface area contributed by atoms with Gasteiger partial charge in [-0.2, -0.15) is 0 Å². The third kappa shape index (κ3) is 3.55. The molecular formula is C22H20N6O4. The molecular weight excluding hydrogens is 412 g/mol. The predicted molar refractivity (Wildman–Crippen MR) is 114 cm³/mol. The molecule has 0 aliphatic carbocycles. The number of aryl methyl sites for hydroxylation is 1. The molecule has 32 heavy (non-hydrogen) atoms. The number of nitrogens with one attached hydrogen (secondary N) is 1. The van der Waals surface area contributed by atoms with Gasteiger partial charge < -0.3 is 19.4 Å². The third-order valence-corrected chi connectivity index (χ3v) is 5.37. The summed E-state index contributed by atoms with van der Waals surface area (Å²) in [6, 6.07) is 12.3. The summed E-state index contributed by atoms with van der Waals surface area (Å²) in [5, 5.41) is 6.91. The van der Waals surface area contributed by atoms with Crippen molar-refractivity contribution in [1.29, 1.82) is 0 Å². The van der Waals surface area contributed by atoms with Crippen LogP contribution < -0.4 is 15.0 Å². The van der Waals surface area contributed by atoms with Gasteiger partial charge in [0.25, 0.3) is 11.8 Å². The second kappa shape index (κ2) is 7.80. The molecule has 0 spiro atoms. The lowest BCUT2D eigenvalue weighted by Gasteiger charge is -2.19. The molecule has 10 nitrogen and oxygen atoms in total. The average Bonchev–Trinajstić information content (AvgIpc) is 3.39. The van der Waals surface area contributed by atoms with E-state index in [0.29, 0.717) is 34.8 Å². The Labute approximate surface area is 182 Å². The molecule has 1 atom stereocenters. The number of ether oxygens (including phenoxy) is 1. The van der Waals surface area contributed by atoms with Crippen molar-refractivity contribution in [2.75, 3.05) is 18.6 Å². The molecule has 4 aromatic rings. The van der Waals surface area contributed by atoms with Crippen molar-refractivity contribution in [3.05, 3.63) is 66.1 Å². The van der Waals surface area contributed by atoms with Crippen LogP contribution >= 0.6 is 0 Å². The van der Waals surface area contributed by atoms with Crippen molar-refractivity contribution in [3.63, 3.8) is 0 Å². The minimum atomic E-state index is -0.902. The maximum absolute atomic E-state index is 13.0. The minimum absolute atomic E-state index is 0.00245. The Kier molecular flexibility index (Phi) is 4.81. The molecule has 0 radical (unpaired) electrons. The molecule has 3 heterocycles. The Morgan fingerprint density at radius 1 is 1.22 bits per heavy atom. The van der Waals surface area contributed by atoms with Crippen molar-refractivity contribution < 1.29 is 18.7 Å². The molecule has 1 N–H and O–H groups in total. The number of benzene rings is 2. The Hall–Kier alpha value is -4.21. The van der Waals surface area contributed by atoms with E-state index in [1.165, 1.54) is 11.3 Å². The quantitative estimate of drug-likeness (QED) is 0.522. The molecule has 0 bridgehead atoms. The summed E-state index contributed by atoms with van der Waals surface area (Å²) in [7, 11) is 3.35. The second-order valence-electron chi connectivity index (χ2n) is 7.51. The summed E-state index contributed by atoms with van der Waals surface area (Å²) >= 11 is 0. The number of oxazole rings is 1. The number of rotatable bonds is 4. The molecule has 1 aliphatic rings. The number of carbonyl (C=O) groups is 2. The smallest absolute Gasteiger partial charge is 0.291 e.